The number of aryl methyl sites for hydroxylation is 1. The molecule has 3 fully saturated rings. The summed E-state index contributed by atoms with van der Waals surface area (Å²) in [5.41, 5.74) is 3.35. The fourth-order valence-electron chi connectivity index (χ4n) is 2.54. The van der Waals surface area contributed by atoms with E-state index in [1.165, 1.54) is 24.0 Å². The van der Waals surface area contributed by atoms with Gasteiger partial charge in [-0.3, -0.25) is 0 Å². The van der Waals surface area contributed by atoms with E-state index in [0.717, 1.165) is 6.04 Å². The smallest absolute Gasteiger partial charge is 0.0469 e. The van der Waals surface area contributed by atoms with E-state index in [1.54, 1.807) is 0 Å². The Kier molecular flexibility index (Phi) is 1.06. The molecule has 1 saturated carbocycles. The molecule has 2 aliphatic heterocycles. The van der Waals surface area contributed by atoms with Gasteiger partial charge in [-0.2, -0.15) is 0 Å². The van der Waals surface area contributed by atoms with E-state index < -0.39 is 0 Å². The fraction of sp³-hybridized carbons (Fsp3) is 0.455. The standard InChI is InChI=1S/C11H13N/c1-8-4-2-3-5-10(8)11-6-9(7-11)12-11/h2-5,9,12H,6-7H2,1H3. The Labute approximate surface area is 72.8 Å². The third kappa shape index (κ3) is 0.632. The molecule has 0 spiro atoms. The summed E-state index contributed by atoms with van der Waals surface area (Å²) in [5.74, 6) is 0. The molecule has 3 aliphatic rings. The van der Waals surface area contributed by atoms with Gasteiger partial charge in [-0.05, 0) is 30.9 Å². The first kappa shape index (κ1) is 6.67. The van der Waals surface area contributed by atoms with Crippen LogP contribution in [-0.4, -0.2) is 6.04 Å². The molecule has 1 aromatic carbocycles. The minimum absolute atomic E-state index is 0.399. The van der Waals surface area contributed by atoms with Crippen LogP contribution in [0.25, 0.3) is 0 Å². The van der Waals surface area contributed by atoms with Crippen molar-refractivity contribution in [2.24, 2.45) is 0 Å². The summed E-state index contributed by atoms with van der Waals surface area (Å²) in [6, 6.07) is 9.56. The van der Waals surface area contributed by atoms with Gasteiger partial charge in [0.05, 0.1) is 0 Å². The molecule has 2 saturated heterocycles. The predicted molar refractivity (Wildman–Crippen MR) is 49.0 cm³/mol. The van der Waals surface area contributed by atoms with Gasteiger partial charge in [0.1, 0.15) is 0 Å². The SMILES string of the molecule is Cc1ccccc1C12CC(C1)N2. The van der Waals surface area contributed by atoms with E-state index in [2.05, 4.69) is 36.5 Å². The zero-order valence-electron chi connectivity index (χ0n) is 7.30. The summed E-state index contributed by atoms with van der Waals surface area (Å²) < 4.78 is 0. The number of hydrogen-bond donors (Lipinski definition) is 1. The first-order valence-electron chi connectivity index (χ1n) is 4.64. The summed E-state index contributed by atoms with van der Waals surface area (Å²) in [4.78, 5) is 0. The molecule has 4 rings (SSSR count). The second kappa shape index (κ2) is 1.91. The van der Waals surface area contributed by atoms with Gasteiger partial charge in [0, 0.05) is 11.6 Å². The van der Waals surface area contributed by atoms with E-state index in [4.69, 9.17) is 0 Å². The van der Waals surface area contributed by atoms with Crippen LogP contribution >= 0.6 is 0 Å². The maximum Gasteiger partial charge on any atom is 0.0469 e. The van der Waals surface area contributed by atoms with Crippen molar-refractivity contribution in [2.45, 2.75) is 31.3 Å². The van der Waals surface area contributed by atoms with E-state index in [0.29, 0.717) is 5.54 Å². The fourth-order valence-corrected chi connectivity index (χ4v) is 2.54. The second-order valence-corrected chi connectivity index (χ2v) is 4.15. The molecule has 2 heterocycles. The molecule has 0 aromatic heterocycles. The lowest BCUT2D eigenvalue weighted by Gasteiger charge is -2.63. The van der Waals surface area contributed by atoms with Crippen LogP contribution in [-0.2, 0) is 5.54 Å². The average molecular weight is 159 g/mol. The highest BCUT2D eigenvalue weighted by atomic mass is 15.2. The summed E-state index contributed by atoms with van der Waals surface area (Å²) in [6.45, 7) is 2.21. The number of hydrogen-bond acceptors (Lipinski definition) is 1. The maximum absolute atomic E-state index is 3.58. The average Bonchev–Trinajstić information content (AvgIpc) is 1.87. The summed E-state index contributed by atoms with van der Waals surface area (Å²) >= 11 is 0. The molecule has 0 unspecified atom stereocenters. The number of rotatable bonds is 1. The minimum Gasteiger partial charge on any atom is -0.304 e. The third-order valence-corrected chi connectivity index (χ3v) is 3.33. The Morgan fingerprint density at radius 1 is 1.33 bits per heavy atom. The van der Waals surface area contributed by atoms with E-state index >= 15 is 0 Å². The summed E-state index contributed by atoms with van der Waals surface area (Å²) in [6.07, 6.45) is 2.72. The monoisotopic (exact) mass is 159 g/mol. The van der Waals surface area contributed by atoms with Gasteiger partial charge >= 0.3 is 0 Å². The molecule has 62 valence electrons. The first-order valence-corrected chi connectivity index (χ1v) is 4.64. The van der Waals surface area contributed by atoms with Crippen molar-refractivity contribution in [3.63, 3.8) is 0 Å². The molecule has 0 radical (unpaired) electrons. The summed E-state index contributed by atoms with van der Waals surface area (Å²) in [7, 11) is 0. The Morgan fingerprint density at radius 3 is 2.50 bits per heavy atom. The lowest BCUT2D eigenvalue weighted by atomic mass is 9.58. The first-order chi connectivity index (χ1) is 5.80. The zero-order chi connectivity index (χ0) is 8.18. The van der Waals surface area contributed by atoms with Gasteiger partial charge in [-0.25, -0.2) is 0 Å². The van der Waals surface area contributed by atoms with Crippen molar-refractivity contribution in [3.8, 4) is 0 Å². The van der Waals surface area contributed by atoms with E-state index in [-0.39, 0.29) is 0 Å². The van der Waals surface area contributed by atoms with Gasteiger partial charge < -0.3 is 5.32 Å². The zero-order valence-corrected chi connectivity index (χ0v) is 7.30. The van der Waals surface area contributed by atoms with E-state index in [1.807, 2.05) is 0 Å². The Hall–Kier alpha value is -0.820. The number of benzene rings is 1. The van der Waals surface area contributed by atoms with Crippen LogP contribution < -0.4 is 5.32 Å². The molecule has 1 aromatic rings. The number of nitrogens with one attached hydrogen (secondary N) is 1. The Morgan fingerprint density at radius 2 is 2.00 bits per heavy atom. The van der Waals surface area contributed by atoms with Gasteiger partial charge in [0.25, 0.3) is 0 Å². The predicted octanol–water partition coefficient (Wildman–Crippen LogP) is 1.96. The normalized spacial score (nSPS) is 36.9. The van der Waals surface area contributed by atoms with Crippen molar-refractivity contribution in [2.75, 3.05) is 0 Å². The summed E-state index contributed by atoms with van der Waals surface area (Å²) in [5, 5.41) is 3.58. The quantitative estimate of drug-likeness (QED) is 0.660. The van der Waals surface area contributed by atoms with Crippen molar-refractivity contribution < 1.29 is 0 Å². The van der Waals surface area contributed by atoms with Crippen LogP contribution in [0.15, 0.2) is 24.3 Å². The highest BCUT2D eigenvalue weighted by Gasteiger charge is 2.57. The van der Waals surface area contributed by atoms with Crippen LogP contribution in [0.5, 0.6) is 0 Å². The topological polar surface area (TPSA) is 12.0 Å². The molecule has 1 nitrogen and oxygen atoms in total. The van der Waals surface area contributed by atoms with Crippen molar-refractivity contribution in [1.29, 1.82) is 0 Å². The molecule has 1 aliphatic carbocycles. The molecular formula is C11H13N. The van der Waals surface area contributed by atoms with Crippen LogP contribution in [0.4, 0.5) is 0 Å². The van der Waals surface area contributed by atoms with Crippen LogP contribution in [0, 0.1) is 6.92 Å². The van der Waals surface area contributed by atoms with Gasteiger partial charge in [0.2, 0.25) is 0 Å². The molecule has 0 atom stereocenters. The second-order valence-electron chi connectivity index (χ2n) is 4.15. The highest BCUT2D eigenvalue weighted by Crippen LogP contribution is 2.52. The lowest BCUT2D eigenvalue weighted by Crippen LogP contribution is -2.74. The van der Waals surface area contributed by atoms with E-state index in [9.17, 15) is 0 Å². The largest absolute Gasteiger partial charge is 0.304 e. The molecule has 2 bridgehead atoms. The minimum atomic E-state index is 0.399. The molecular weight excluding hydrogens is 146 g/mol. The van der Waals surface area contributed by atoms with Crippen LogP contribution in [0.1, 0.15) is 24.0 Å². The van der Waals surface area contributed by atoms with Crippen molar-refractivity contribution in [1.82, 2.24) is 5.32 Å². The molecule has 0 amide bonds. The lowest BCUT2D eigenvalue weighted by molar-refractivity contribution is -0.0224. The maximum atomic E-state index is 3.58. The van der Waals surface area contributed by atoms with Crippen LogP contribution in [0.3, 0.4) is 0 Å². The molecule has 1 N–H and O–H groups in total. The van der Waals surface area contributed by atoms with Gasteiger partial charge in [-0.15, -0.1) is 0 Å². The third-order valence-electron chi connectivity index (χ3n) is 3.33. The molecule has 12 heavy (non-hydrogen) atoms. The van der Waals surface area contributed by atoms with Crippen molar-refractivity contribution >= 4 is 0 Å². The Balaban J connectivity index is 2.06. The van der Waals surface area contributed by atoms with Crippen molar-refractivity contribution in [3.05, 3.63) is 35.4 Å². The highest BCUT2D eigenvalue weighted by molar-refractivity contribution is 5.40. The van der Waals surface area contributed by atoms with Gasteiger partial charge in [0.15, 0.2) is 0 Å². The Bertz CT molecular complexity index is 313. The van der Waals surface area contributed by atoms with Crippen LogP contribution in [0.2, 0.25) is 0 Å². The van der Waals surface area contributed by atoms with Gasteiger partial charge in [-0.1, -0.05) is 24.3 Å². The molecule has 1 heteroatoms.